The van der Waals surface area contributed by atoms with Crippen molar-refractivity contribution in [2.45, 2.75) is 32.5 Å². The van der Waals surface area contributed by atoms with Crippen molar-refractivity contribution in [3.05, 3.63) is 0 Å². The van der Waals surface area contributed by atoms with E-state index in [0.717, 1.165) is 72.1 Å². The minimum absolute atomic E-state index is 0.260. The van der Waals surface area contributed by atoms with Crippen LogP contribution in [0, 0.1) is 0 Å². The summed E-state index contributed by atoms with van der Waals surface area (Å²) >= 11 is 0. The summed E-state index contributed by atoms with van der Waals surface area (Å²) in [5.41, 5.74) is 0. The zero-order valence-corrected chi connectivity index (χ0v) is 12.4. The molecule has 0 aromatic rings. The molecular weight excluding hydrogens is 244 g/mol. The minimum atomic E-state index is -0.260. The lowest BCUT2D eigenvalue weighted by atomic mass is 10.1. The summed E-state index contributed by atoms with van der Waals surface area (Å²) in [6.45, 7) is 12.2. The monoisotopic (exact) mass is 272 g/mol. The molecular formula is C14H28N2O3. The number of rotatable bonds is 6. The lowest BCUT2D eigenvalue weighted by Gasteiger charge is -2.52. The first kappa shape index (κ1) is 15.2. The van der Waals surface area contributed by atoms with Gasteiger partial charge < -0.3 is 14.2 Å². The van der Waals surface area contributed by atoms with E-state index >= 15 is 0 Å². The van der Waals surface area contributed by atoms with E-state index < -0.39 is 0 Å². The molecule has 112 valence electrons. The highest BCUT2D eigenvalue weighted by Crippen LogP contribution is 2.28. The molecule has 0 atom stereocenters. The Morgan fingerprint density at radius 1 is 0.895 bits per heavy atom. The molecule has 0 aliphatic carbocycles. The van der Waals surface area contributed by atoms with Gasteiger partial charge in [0.15, 0.2) is 5.85 Å². The van der Waals surface area contributed by atoms with Gasteiger partial charge in [0.05, 0.1) is 33.0 Å². The van der Waals surface area contributed by atoms with Crippen molar-refractivity contribution in [3.8, 4) is 0 Å². The molecule has 19 heavy (non-hydrogen) atoms. The van der Waals surface area contributed by atoms with E-state index in [1.165, 1.54) is 0 Å². The van der Waals surface area contributed by atoms with Crippen LogP contribution in [0.2, 0.25) is 0 Å². The molecule has 0 N–H and O–H groups in total. The molecule has 0 aromatic carbocycles. The van der Waals surface area contributed by atoms with Gasteiger partial charge in [-0.3, -0.25) is 9.80 Å². The Morgan fingerprint density at radius 2 is 1.37 bits per heavy atom. The fourth-order valence-electron chi connectivity index (χ4n) is 3.02. The quantitative estimate of drug-likeness (QED) is 0.724. The first-order valence-corrected chi connectivity index (χ1v) is 7.63. The second-order valence-corrected chi connectivity index (χ2v) is 5.14. The average Bonchev–Trinajstić information content (AvgIpc) is 2.51. The maximum atomic E-state index is 6.35. The molecule has 2 heterocycles. The highest BCUT2D eigenvalue weighted by Gasteiger charge is 2.43. The van der Waals surface area contributed by atoms with Gasteiger partial charge in [0.2, 0.25) is 0 Å². The van der Waals surface area contributed by atoms with Crippen molar-refractivity contribution in [3.63, 3.8) is 0 Å². The van der Waals surface area contributed by atoms with Crippen molar-refractivity contribution in [1.82, 2.24) is 9.80 Å². The molecule has 0 unspecified atom stereocenters. The molecule has 0 saturated carbocycles. The van der Waals surface area contributed by atoms with E-state index in [2.05, 4.69) is 23.6 Å². The highest BCUT2D eigenvalue weighted by molar-refractivity contribution is 4.84. The second-order valence-electron chi connectivity index (χ2n) is 5.14. The average molecular weight is 272 g/mol. The van der Waals surface area contributed by atoms with Crippen LogP contribution in [0.5, 0.6) is 0 Å². The van der Waals surface area contributed by atoms with Gasteiger partial charge in [0.25, 0.3) is 0 Å². The number of ether oxygens (including phenoxy) is 3. The lowest BCUT2D eigenvalue weighted by Crippen LogP contribution is -2.66. The minimum Gasteiger partial charge on any atom is -0.379 e. The molecule has 2 fully saturated rings. The predicted octanol–water partition coefficient (Wildman–Crippen LogP) is 1.14. The van der Waals surface area contributed by atoms with E-state index in [-0.39, 0.29) is 5.85 Å². The van der Waals surface area contributed by atoms with Crippen LogP contribution in [0.4, 0.5) is 0 Å². The van der Waals surface area contributed by atoms with Crippen LogP contribution in [-0.4, -0.2) is 74.9 Å². The molecule has 5 nitrogen and oxygen atoms in total. The molecule has 2 rings (SSSR count). The Kier molecular flexibility index (Phi) is 6.04. The van der Waals surface area contributed by atoms with Crippen LogP contribution in [0.25, 0.3) is 0 Å². The van der Waals surface area contributed by atoms with Crippen molar-refractivity contribution >= 4 is 0 Å². The normalized spacial score (nSPS) is 23.7. The maximum absolute atomic E-state index is 6.35. The zero-order valence-electron chi connectivity index (χ0n) is 12.4. The van der Waals surface area contributed by atoms with Gasteiger partial charge in [-0.05, 0) is 6.42 Å². The molecule has 0 radical (unpaired) electrons. The first-order valence-electron chi connectivity index (χ1n) is 7.63. The van der Waals surface area contributed by atoms with Crippen molar-refractivity contribution in [2.75, 3.05) is 59.2 Å². The number of morpholine rings is 2. The molecule has 2 aliphatic rings. The van der Waals surface area contributed by atoms with E-state index in [1.54, 1.807) is 0 Å². The van der Waals surface area contributed by atoms with Crippen LogP contribution < -0.4 is 0 Å². The predicted molar refractivity (Wildman–Crippen MR) is 74.0 cm³/mol. The largest absolute Gasteiger partial charge is 0.379 e. The molecule has 0 aromatic heterocycles. The van der Waals surface area contributed by atoms with Gasteiger partial charge in [-0.15, -0.1) is 0 Å². The Bertz CT molecular complexity index is 233. The van der Waals surface area contributed by atoms with Crippen LogP contribution in [0.1, 0.15) is 26.7 Å². The smallest absolute Gasteiger partial charge is 0.179 e. The molecule has 0 amide bonds. The zero-order chi connectivity index (χ0) is 13.6. The Labute approximate surface area is 116 Å². The third-order valence-corrected chi connectivity index (χ3v) is 4.01. The summed E-state index contributed by atoms with van der Waals surface area (Å²) in [6, 6.07) is 0. The number of hydrogen-bond acceptors (Lipinski definition) is 5. The van der Waals surface area contributed by atoms with Gasteiger partial charge >= 0.3 is 0 Å². The van der Waals surface area contributed by atoms with Gasteiger partial charge in [-0.1, -0.05) is 13.8 Å². The summed E-state index contributed by atoms with van der Waals surface area (Å²) in [4.78, 5) is 4.91. The Hall–Kier alpha value is -0.200. The van der Waals surface area contributed by atoms with E-state index in [9.17, 15) is 0 Å². The fourth-order valence-corrected chi connectivity index (χ4v) is 3.02. The van der Waals surface area contributed by atoms with Gasteiger partial charge in [-0.25, -0.2) is 0 Å². The van der Waals surface area contributed by atoms with Gasteiger partial charge in [0.1, 0.15) is 0 Å². The third kappa shape index (κ3) is 3.47. The molecule has 5 heteroatoms. The summed E-state index contributed by atoms with van der Waals surface area (Å²) in [6.07, 6.45) is 2.03. The molecule has 2 aliphatic heterocycles. The van der Waals surface area contributed by atoms with Crippen LogP contribution in [-0.2, 0) is 14.2 Å². The number of nitrogens with zero attached hydrogens (tertiary/aromatic N) is 2. The summed E-state index contributed by atoms with van der Waals surface area (Å²) in [5, 5.41) is 0. The third-order valence-electron chi connectivity index (χ3n) is 4.01. The van der Waals surface area contributed by atoms with E-state index in [1.807, 2.05) is 0 Å². The summed E-state index contributed by atoms with van der Waals surface area (Å²) in [7, 11) is 0. The standard InChI is InChI=1S/C14H28N2O3/c1-3-9-19-14(4-2,15-5-10-17-11-6-15)16-7-12-18-13-8-16/h3-13H2,1-2H3. The van der Waals surface area contributed by atoms with Crippen molar-refractivity contribution in [1.29, 1.82) is 0 Å². The topological polar surface area (TPSA) is 34.2 Å². The summed E-state index contributed by atoms with van der Waals surface area (Å²) < 4.78 is 17.3. The number of hydrogen-bond donors (Lipinski definition) is 0. The lowest BCUT2D eigenvalue weighted by molar-refractivity contribution is -0.273. The molecule has 0 bridgehead atoms. The Balaban J connectivity index is 2.12. The van der Waals surface area contributed by atoms with Crippen LogP contribution in [0.15, 0.2) is 0 Å². The Morgan fingerprint density at radius 3 is 1.74 bits per heavy atom. The van der Waals surface area contributed by atoms with Crippen molar-refractivity contribution in [2.24, 2.45) is 0 Å². The van der Waals surface area contributed by atoms with E-state index in [4.69, 9.17) is 14.2 Å². The van der Waals surface area contributed by atoms with Crippen LogP contribution in [0.3, 0.4) is 0 Å². The first-order chi connectivity index (χ1) is 9.33. The molecule has 0 spiro atoms. The van der Waals surface area contributed by atoms with E-state index in [0.29, 0.717) is 0 Å². The fraction of sp³-hybridized carbons (Fsp3) is 1.00. The molecule has 2 saturated heterocycles. The maximum Gasteiger partial charge on any atom is 0.179 e. The highest BCUT2D eigenvalue weighted by atomic mass is 16.5. The second kappa shape index (κ2) is 7.55. The van der Waals surface area contributed by atoms with Crippen molar-refractivity contribution < 1.29 is 14.2 Å². The SMILES string of the molecule is CCCOC(CC)(N1CCOCC1)N1CCOCC1. The van der Waals surface area contributed by atoms with Gasteiger partial charge in [0, 0.05) is 32.6 Å². The summed E-state index contributed by atoms with van der Waals surface area (Å²) in [5.74, 6) is -0.260. The van der Waals surface area contributed by atoms with Crippen LogP contribution >= 0.6 is 0 Å². The van der Waals surface area contributed by atoms with Gasteiger partial charge in [-0.2, -0.15) is 0 Å².